The van der Waals surface area contributed by atoms with Crippen LogP contribution in [0.1, 0.15) is 24.4 Å². The fourth-order valence-electron chi connectivity index (χ4n) is 2.98. The van der Waals surface area contributed by atoms with Crippen molar-refractivity contribution in [2.24, 2.45) is 0 Å². The maximum atomic E-state index is 13.2. The molecule has 0 fully saturated rings. The number of carbonyl (C=O) groups is 1. The van der Waals surface area contributed by atoms with Crippen LogP contribution in [0.4, 0.5) is 18.9 Å². The number of carbonyl (C=O) groups excluding carboxylic acids is 1. The van der Waals surface area contributed by atoms with Crippen molar-refractivity contribution in [1.29, 1.82) is 0 Å². The number of aromatic nitrogens is 3. The maximum absolute atomic E-state index is 13.2. The number of amides is 1. The molecular formula is C22H19Cl2F3N4O2S. The molecule has 1 unspecified atom stereocenters. The lowest BCUT2D eigenvalue weighted by molar-refractivity contribution is -0.137. The number of allylic oxidation sites excluding steroid dienone is 1. The minimum atomic E-state index is -4.58. The van der Waals surface area contributed by atoms with Gasteiger partial charge in [0.2, 0.25) is 5.91 Å². The van der Waals surface area contributed by atoms with E-state index in [2.05, 4.69) is 22.1 Å². The molecule has 0 aliphatic heterocycles. The minimum Gasteiger partial charge on any atom is -0.481 e. The number of halogens is 5. The maximum Gasteiger partial charge on any atom is 0.418 e. The van der Waals surface area contributed by atoms with Crippen LogP contribution in [0, 0.1) is 0 Å². The fraction of sp³-hybridized carbons (Fsp3) is 0.227. The quantitative estimate of drug-likeness (QED) is 0.247. The Morgan fingerprint density at radius 1 is 1.26 bits per heavy atom. The van der Waals surface area contributed by atoms with Crippen molar-refractivity contribution in [3.63, 3.8) is 0 Å². The number of thioether (sulfide) groups is 1. The third-order valence-corrected chi connectivity index (χ3v) is 5.95. The van der Waals surface area contributed by atoms with E-state index in [1.807, 2.05) is 0 Å². The second-order valence-corrected chi connectivity index (χ2v) is 8.74. The largest absolute Gasteiger partial charge is 0.481 e. The van der Waals surface area contributed by atoms with Gasteiger partial charge in [0.25, 0.3) is 0 Å². The highest BCUT2D eigenvalue weighted by Gasteiger charge is 2.33. The Balaban J connectivity index is 1.71. The van der Waals surface area contributed by atoms with Crippen molar-refractivity contribution < 1.29 is 22.7 Å². The average molecular weight is 531 g/mol. The van der Waals surface area contributed by atoms with Gasteiger partial charge in [-0.05, 0) is 37.3 Å². The molecular weight excluding hydrogens is 512 g/mol. The zero-order chi connectivity index (χ0) is 24.9. The first-order valence-corrected chi connectivity index (χ1v) is 11.6. The highest BCUT2D eigenvalue weighted by molar-refractivity contribution is 7.99. The van der Waals surface area contributed by atoms with E-state index in [1.54, 1.807) is 35.8 Å². The summed E-state index contributed by atoms with van der Waals surface area (Å²) in [5, 5.41) is 11.7. The predicted octanol–water partition coefficient (Wildman–Crippen LogP) is 6.66. The highest BCUT2D eigenvalue weighted by Crippen LogP contribution is 2.35. The van der Waals surface area contributed by atoms with E-state index < -0.39 is 23.8 Å². The van der Waals surface area contributed by atoms with Crippen molar-refractivity contribution in [1.82, 2.24) is 14.8 Å². The molecule has 1 heterocycles. The lowest BCUT2D eigenvalue weighted by Gasteiger charge is -2.16. The first-order chi connectivity index (χ1) is 16.1. The summed E-state index contributed by atoms with van der Waals surface area (Å²) in [5.41, 5.74) is -1.23. The second kappa shape index (κ2) is 11.2. The monoisotopic (exact) mass is 530 g/mol. The van der Waals surface area contributed by atoms with Crippen LogP contribution >= 0.6 is 35.0 Å². The van der Waals surface area contributed by atoms with E-state index in [0.717, 1.165) is 17.8 Å². The molecule has 1 amide bonds. The van der Waals surface area contributed by atoms with E-state index in [1.165, 1.54) is 18.2 Å². The van der Waals surface area contributed by atoms with Gasteiger partial charge in [0.15, 0.2) is 17.1 Å². The fourth-order valence-corrected chi connectivity index (χ4v) is 4.19. The summed E-state index contributed by atoms with van der Waals surface area (Å²) >= 11 is 13.1. The van der Waals surface area contributed by atoms with Gasteiger partial charge in [-0.2, -0.15) is 13.2 Å². The number of hydrogen-bond acceptors (Lipinski definition) is 5. The van der Waals surface area contributed by atoms with E-state index in [9.17, 15) is 18.0 Å². The molecule has 0 radical (unpaired) electrons. The second-order valence-electron chi connectivity index (χ2n) is 6.96. The SMILES string of the molecule is C=CCn1c(SCC(=O)Nc2ccccc2C(F)(F)F)nnc1C(C)Oc1ccc(Cl)cc1Cl. The molecule has 3 aromatic rings. The Bertz CT molecular complexity index is 1190. The summed E-state index contributed by atoms with van der Waals surface area (Å²) in [7, 11) is 0. The molecule has 0 aliphatic carbocycles. The van der Waals surface area contributed by atoms with Crippen LogP contribution in [0.5, 0.6) is 5.75 Å². The van der Waals surface area contributed by atoms with E-state index in [4.69, 9.17) is 27.9 Å². The lowest BCUT2D eigenvalue weighted by Crippen LogP contribution is -2.18. The molecule has 0 bridgehead atoms. The van der Waals surface area contributed by atoms with Crippen LogP contribution in [0.15, 0.2) is 60.3 Å². The Morgan fingerprint density at radius 2 is 2.00 bits per heavy atom. The molecule has 0 aliphatic rings. The summed E-state index contributed by atoms with van der Waals surface area (Å²) in [6, 6.07) is 9.60. The molecule has 1 atom stereocenters. The molecule has 1 N–H and O–H groups in total. The van der Waals surface area contributed by atoms with Crippen LogP contribution in [0.2, 0.25) is 10.0 Å². The molecule has 2 aromatic carbocycles. The standard InChI is InChI=1S/C22H19Cl2F3N4O2S/c1-3-10-31-20(13(2)33-18-9-8-14(23)11-16(18)24)29-30-21(31)34-12-19(32)28-17-7-5-4-6-15(17)22(25,26)27/h3-9,11,13H,1,10,12H2,2H3,(H,28,32). The zero-order valence-electron chi connectivity index (χ0n) is 17.8. The van der Waals surface area contributed by atoms with Crippen LogP contribution in [-0.4, -0.2) is 26.4 Å². The smallest absolute Gasteiger partial charge is 0.418 e. The summed E-state index contributed by atoms with van der Waals surface area (Å²) in [6.07, 6.45) is -3.52. The summed E-state index contributed by atoms with van der Waals surface area (Å²) in [4.78, 5) is 12.4. The zero-order valence-corrected chi connectivity index (χ0v) is 20.1. The Labute approximate surface area is 208 Å². The van der Waals surface area contributed by atoms with Crippen molar-refractivity contribution in [2.45, 2.75) is 30.9 Å². The van der Waals surface area contributed by atoms with Crippen molar-refractivity contribution in [3.8, 4) is 5.75 Å². The molecule has 12 heteroatoms. The minimum absolute atomic E-state index is 0.181. The Kier molecular flexibility index (Phi) is 8.51. The average Bonchev–Trinajstić information content (AvgIpc) is 3.17. The van der Waals surface area contributed by atoms with Gasteiger partial charge in [-0.15, -0.1) is 16.8 Å². The van der Waals surface area contributed by atoms with Crippen molar-refractivity contribution in [2.75, 3.05) is 11.1 Å². The first-order valence-electron chi connectivity index (χ1n) is 9.84. The van der Waals surface area contributed by atoms with Crippen LogP contribution < -0.4 is 10.1 Å². The number of nitrogens with one attached hydrogen (secondary N) is 1. The van der Waals surface area contributed by atoms with Gasteiger partial charge in [-0.1, -0.05) is 53.2 Å². The first kappa shape index (κ1) is 25.9. The number of benzene rings is 2. The number of rotatable bonds is 9. The van der Waals surface area contributed by atoms with Gasteiger partial charge >= 0.3 is 6.18 Å². The molecule has 1 aromatic heterocycles. The lowest BCUT2D eigenvalue weighted by atomic mass is 10.1. The Morgan fingerprint density at radius 3 is 2.68 bits per heavy atom. The van der Waals surface area contributed by atoms with Gasteiger partial charge in [-0.3, -0.25) is 9.36 Å². The van der Waals surface area contributed by atoms with Gasteiger partial charge in [0, 0.05) is 11.6 Å². The summed E-state index contributed by atoms with van der Waals surface area (Å²) in [5.74, 6) is 0.0632. The van der Waals surface area contributed by atoms with E-state index >= 15 is 0 Å². The number of anilines is 1. The van der Waals surface area contributed by atoms with Gasteiger partial charge in [0.1, 0.15) is 5.75 Å². The molecule has 34 heavy (non-hydrogen) atoms. The molecule has 180 valence electrons. The summed E-state index contributed by atoms with van der Waals surface area (Å²) < 4.78 is 47.0. The predicted molar refractivity (Wildman–Crippen MR) is 127 cm³/mol. The summed E-state index contributed by atoms with van der Waals surface area (Å²) in [6.45, 7) is 5.80. The number of hydrogen-bond donors (Lipinski definition) is 1. The molecule has 3 rings (SSSR count). The molecule has 0 saturated heterocycles. The molecule has 6 nitrogen and oxygen atoms in total. The molecule has 0 saturated carbocycles. The molecule has 0 spiro atoms. The third kappa shape index (κ3) is 6.46. The van der Waals surface area contributed by atoms with E-state index in [-0.39, 0.29) is 11.4 Å². The number of ether oxygens (including phenoxy) is 1. The van der Waals surface area contributed by atoms with Crippen LogP contribution in [0.3, 0.4) is 0 Å². The number of para-hydroxylation sites is 1. The van der Waals surface area contributed by atoms with Crippen molar-refractivity contribution in [3.05, 3.63) is 76.6 Å². The topological polar surface area (TPSA) is 69.0 Å². The highest BCUT2D eigenvalue weighted by atomic mass is 35.5. The number of nitrogens with zero attached hydrogens (tertiary/aromatic N) is 3. The Hall–Kier alpha value is -2.69. The van der Waals surface area contributed by atoms with Gasteiger partial charge < -0.3 is 10.1 Å². The van der Waals surface area contributed by atoms with Crippen LogP contribution in [0.25, 0.3) is 0 Å². The number of alkyl halides is 3. The normalized spacial score (nSPS) is 12.3. The van der Waals surface area contributed by atoms with Crippen molar-refractivity contribution >= 4 is 46.6 Å². The van der Waals surface area contributed by atoms with Crippen LogP contribution in [-0.2, 0) is 17.5 Å². The van der Waals surface area contributed by atoms with Gasteiger partial charge in [-0.25, -0.2) is 0 Å². The third-order valence-electron chi connectivity index (χ3n) is 4.46. The van der Waals surface area contributed by atoms with Gasteiger partial charge in [0.05, 0.1) is 22.0 Å². The van der Waals surface area contributed by atoms with E-state index in [0.29, 0.717) is 33.3 Å².